The average Bonchev–Trinajstić information content (AvgIpc) is 3.29. The number of hydrogen-bond donors (Lipinski definition) is 1. The second kappa shape index (κ2) is 8.29. The zero-order valence-electron chi connectivity index (χ0n) is 15.7. The molecule has 0 spiro atoms. The molecule has 29 heavy (non-hydrogen) atoms. The molecule has 2 aromatic heterocycles. The van der Waals surface area contributed by atoms with Crippen LogP contribution in [-0.4, -0.2) is 58.6 Å². The summed E-state index contributed by atoms with van der Waals surface area (Å²) in [6.07, 6.45) is 0. The molecule has 1 fully saturated rings. The van der Waals surface area contributed by atoms with E-state index in [-0.39, 0.29) is 4.21 Å². The summed E-state index contributed by atoms with van der Waals surface area (Å²) >= 11 is 12.4. The van der Waals surface area contributed by atoms with Gasteiger partial charge in [-0.2, -0.15) is 9.29 Å². The highest BCUT2D eigenvalue weighted by Crippen LogP contribution is 2.28. The zero-order valence-corrected chi connectivity index (χ0v) is 18.9. The van der Waals surface area contributed by atoms with E-state index >= 15 is 0 Å². The number of nitrogens with zero attached hydrogens (tertiary/aromatic N) is 4. The van der Waals surface area contributed by atoms with Crippen LogP contribution in [0, 0.1) is 11.7 Å². The molecule has 11 heteroatoms. The van der Waals surface area contributed by atoms with Crippen molar-refractivity contribution >= 4 is 45.2 Å². The van der Waals surface area contributed by atoms with Gasteiger partial charge >= 0.3 is 0 Å². The number of nitrogens with one attached hydrogen (secondary N) is 1. The molecule has 0 radical (unpaired) electrons. The van der Waals surface area contributed by atoms with Crippen LogP contribution >= 0.6 is 35.2 Å². The van der Waals surface area contributed by atoms with Crippen molar-refractivity contribution in [3.63, 3.8) is 0 Å². The van der Waals surface area contributed by atoms with Gasteiger partial charge in [0.05, 0.1) is 11.0 Å². The Labute approximate surface area is 183 Å². The number of halogens is 1. The van der Waals surface area contributed by atoms with Crippen LogP contribution in [0.1, 0.15) is 5.56 Å². The van der Waals surface area contributed by atoms with E-state index < -0.39 is 10.0 Å². The van der Waals surface area contributed by atoms with Gasteiger partial charge in [-0.25, -0.2) is 13.1 Å². The molecule has 1 saturated heterocycles. The Kier molecular flexibility index (Phi) is 5.92. The quantitative estimate of drug-likeness (QED) is 0.578. The van der Waals surface area contributed by atoms with Crippen molar-refractivity contribution in [2.75, 3.05) is 26.2 Å². The minimum Gasteiger partial charge on any atom is -0.282 e. The molecule has 3 aromatic rings. The van der Waals surface area contributed by atoms with Gasteiger partial charge in [-0.1, -0.05) is 41.4 Å². The maximum atomic E-state index is 12.7. The number of H-pyrrole nitrogens is 1. The summed E-state index contributed by atoms with van der Waals surface area (Å²) in [5.41, 5.74) is 2.16. The number of aromatic nitrogens is 3. The first-order valence-electron chi connectivity index (χ1n) is 9.05. The van der Waals surface area contributed by atoms with Crippen molar-refractivity contribution < 1.29 is 8.42 Å². The number of sulfonamides is 1. The lowest BCUT2D eigenvalue weighted by Crippen LogP contribution is -2.48. The maximum Gasteiger partial charge on any atom is 0.252 e. The highest BCUT2D eigenvalue weighted by atomic mass is 35.5. The van der Waals surface area contributed by atoms with Gasteiger partial charge in [0.25, 0.3) is 10.0 Å². The SMILES string of the molecule is Cc1ccc(-c2nc(=S)n(CN3CCN(S(=O)(=O)c4ccc(Cl)s4)CC3)[nH]2)cc1. The summed E-state index contributed by atoms with van der Waals surface area (Å²) in [7, 11) is -3.49. The van der Waals surface area contributed by atoms with Crippen molar-refractivity contribution in [2.24, 2.45) is 0 Å². The van der Waals surface area contributed by atoms with E-state index in [1.54, 1.807) is 12.1 Å². The molecule has 4 rings (SSSR count). The molecule has 1 aromatic carbocycles. The van der Waals surface area contributed by atoms with E-state index in [0.29, 0.717) is 42.0 Å². The second-order valence-electron chi connectivity index (χ2n) is 6.87. The first-order chi connectivity index (χ1) is 13.8. The largest absolute Gasteiger partial charge is 0.282 e. The standard InChI is InChI=1S/C18H20ClN5O2S3/c1-13-2-4-14(5-3-13)17-20-18(27)24(21-17)12-22-8-10-23(11-9-22)29(25,26)16-7-6-15(19)28-16/h2-7H,8-12H2,1H3,(H,20,21,27). The Bertz CT molecular complexity index is 1160. The summed E-state index contributed by atoms with van der Waals surface area (Å²) in [6.45, 7) is 4.64. The van der Waals surface area contributed by atoms with Gasteiger partial charge in [0.2, 0.25) is 4.77 Å². The summed E-state index contributed by atoms with van der Waals surface area (Å²) in [6, 6.07) is 11.3. The molecule has 1 aliphatic rings. The maximum absolute atomic E-state index is 12.7. The number of aryl methyl sites for hydroxylation is 1. The predicted molar refractivity (Wildman–Crippen MR) is 117 cm³/mol. The third-order valence-corrected chi connectivity index (χ3v) is 8.73. The Morgan fingerprint density at radius 2 is 1.83 bits per heavy atom. The lowest BCUT2D eigenvalue weighted by Gasteiger charge is -2.33. The third-order valence-electron chi connectivity index (χ3n) is 4.82. The van der Waals surface area contributed by atoms with Crippen LogP contribution in [-0.2, 0) is 16.7 Å². The molecule has 0 aliphatic carbocycles. The lowest BCUT2D eigenvalue weighted by atomic mass is 10.1. The fourth-order valence-corrected chi connectivity index (χ4v) is 6.42. The van der Waals surface area contributed by atoms with Crippen LogP contribution in [0.3, 0.4) is 0 Å². The Hall–Kier alpha value is -1.56. The monoisotopic (exact) mass is 469 g/mol. The van der Waals surface area contributed by atoms with E-state index in [1.165, 1.54) is 9.87 Å². The van der Waals surface area contributed by atoms with Crippen molar-refractivity contribution in [2.45, 2.75) is 17.8 Å². The summed E-state index contributed by atoms with van der Waals surface area (Å²) in [5, 5.41) is 3.25. The molecular formula is C18H20ClN5O2S3. The number of benzene rings is 1. The van der Waals surface area contributed by atoms with Gasteiger partial charge in [0, 0.05) is 31.7 Å². The van der Waals surface area contributed by atoms with Crippen LogP contribution in [0.4, 0.5) is 0 Å². The van der Waals surface area contributed by atoms with Crippen LogP contribution < -0.4 is 0 Å². The molecule has 0 saturated carbocycles. The van der Waals surface area contributed by atoms with Crippen LogP contribution in [0.15, 0.2) is 40.6 Å². The number of thiophene rings is 1. The van der Waals surface area contributed by atoms with Crippen molar-refractivity contribution in [1.82, 2.24) is 24.0 Å². The zero-order chi connectivity index (χ0) is 20.6. The molecular weight excluding hydrogens is 450 g/mol. The topological polar surface area (TPSA) is 74.2 Å². The fraction of sp³-hybridized carbons (Fsp3) is 0.333. The van der Waals surface area contributed by atoms with E-state index in [9.17, 15) is 8.42 Å². The smallest absolute Gasteiger partial charge is 0.252 e. The van der Waals surface area contributed by atoms with Gasteiger partial charge in [-0.3, -0.25) is 10.00 Å². The average molecular weight is 470 g/mol. The minimum absolute atomic E-state index is 0.287. The van der Waals surface area contributed by atoms with Gasteiger partial charge in [-0.15, -0.1) is 11.3 Å². The molecule has 1 N–H and O–H groups in total. The van der Waals surface area contributed by atoms with Crippen molar-refractivity contribution in [1.29, 1.82) is 0 Å². The molecule has 1 aliphatic heterocycles. The molecule has 0 bridgehead atoms. The fourth-order valence-electron chi connectivity index (χ4n) is 3.17. The Morgan fingerprint density at radius 3 is 2.45 bits per heavy atom. The van der Waals surface area contributed by atoms with E-state index in [4.69, 9.17) is 23.8 Å². The predicted octanol–water partition coefficient (Wildman–Crippen LogP) is 3.60. The van der Waals surface area contributed by atoms with E-state index in [1.807, 2.05) is 35.9 Å². The summed E-state index contributed by atoms with van der Waals surface area (Å²) in [5.74, 6) is 0.728. The minimum atomic E-state index is -3.49. The summed E-state index contributed by atoms with van der Waals surface area (Å²) in [4.78, 5) is 6.60. The van der Waals surface area contributed by atoms with Gasteiger partial charge < -0.3 is 0 Å². The van der Waals surface area contributed by atoms with Crippen molar-refractivity contribution in [3.8, 4) is 11.4 Å². The number of hydrogen-bond acceptors (Lipinski definition) is 6. The third kappa shape index (κ3) is 4.47. The molecule has 0 atom stereocenters. The van der Waals surface area contributed by atoms with Crippen LogP contribution in [0.2, 0.25) is 4.34 Å². The van der Waals surface area contributed by atoms with Gasteiger partial charge in [-0.05, 0) is 31.3 Å². The molecule has 0 amide bonds. The normalized spacial score (nSPS) is 16.3. The first kappa shape index (κ1) is 20.7. The Balaban J connectivity index is 1.41. The number of rotatable bonds is 5. The highest BCUT2D eigenvalue weighted by Gasteiger charge is 2.29. The van der Waals surface area contributed by atoms with Crippen LogP contribution in [0.25, 0.3) is 11.4 Å². The molecule has 0 unspecified atom stereocenters. The van der Waals surface area contributed by atoms with Crippen molar-refractivity contribution in [3.05, 3.63) is 51.1 Å². The highest BCUT2D eigenvalue weighted by molar-refractivity contribution is 7.91. The first-order valence-corrected chi connectivity index (χ1v) is 12.1. The molecule has 154 valence electrons. The van der Waals surface area contributed by atoms with Crippen LogP contribution in [0.5, 0.6) is 0 Å². The number of piperazine rings is 1. The Morgan fingerprint density at radius 1 is 1.14 bits per heavy atom. The van der Waals surface area contributed by atoms with Gasteiger partial charge in [0.15, 0.2) is 5.82 Å². The van der Waals surface area contributed by atoms with Gasteiger partial charge in [0.1, 0.15) is 4.21 Å². The second-order valence-corrected chi connectivity index (χ2v) is 11.1. The number of aromatic amines is 1. The molecule has 3 heterocycles. The summed E-state index contributed by atoms with van der Waals surface area (Å²) < 4.78 is 30.0. The molecule has 7 nitrogen and oxygen atoms in total. The van der Waals surface area contributed by atoms with E-state index in [2.05, 4.69) is 15.0 Å². The lowest BCUT2D eigenvalue weighted by molar-refractivity contribution is 0.145. The van der Waals surface area contributed by atoms with E-state index in [0.717, 1.165) is 22.7 Å².